The van der Waals surface area contributed by atoms with E-state index in [0.29, 0.717) is 0 Å². The molecule has 0 saturated carbocycles. The van der Waals surface area contributed by atoms with Crippen LogP contribution in [-0.2, 0) is 4.79 Å². The molecule has 1 rings (SSSR count). The molecule has 0 aromatic rings. The zero-order valence-electron chi connectivity index (χ0n) is 9.72. The van der Waals surface area contributed by atoms with E-state index in [-0.39, 0.29) is 5.91 Å². The Kier molecular flexibility index (Phi) is 5.22. The van der Waals surface area contributed by atoms with E-state index in [1.807, 2.05) is 0 Å². The summed E-state index contributed by atoms with van der Waals surface area (Å²) in [5.41, 5.74) is 1.27. The Morgan fingerprint density at radius 3 is 3.00 bits per heavy atom. The number of carbonyl (C=O) groups is 1. The summed E-state index contributed by atoms with van der Waals surface area (Å²) in [6.45, 7) is 8.61. The Balaban J connectivity index is 2.18. The van der Waals surface area contributed by atoms with Gasteiger partial charge in [0.05, 0.1) is 0 Å². The van der Waals surface area contributed by atoms with Gasteiger partial charge in [0.15, 0.2) is 0 Å². The van der Waals surface area contributed by atoms with Crippen LogP contribution in [0, 0.1) is 0 Å². The van der Waals surface area contributed by atoms with Gasteiger partial charge >= 0.3 is 0 Å². The molecule has 15 heavy (non-hydrogen) atoms. The van der Waals surface area contributed by atoms with Crippen LogP contribution in [-0.4, -0.2) is 30.4 Å². The van der Waals surface area contributed by atoms with Crippen molar-refractivity contribution >= 4 is 5.91 Å². The largest absolute Gasteiger partial charge is 0.375 e. The van der Waals surface area contributed by atoms with E-state index in [2.05, 4.69) is 16.8 Å². The Morgan fingerprint density at radius 1 is 1.47 bits per heavy atom. The highest BCUT2D eigenvalue weighted by atomic mass is 16.1. The van der Waals surface area contributed by atoms with Gasteiger partial charge in [0, 0.05) is 32.3 Å². The second kappa shape index (κ2) is 6.49. The van der Waals surface area contributed by atoms with Gasteiger partial charge in [-0.1, -0.05) is 13.0 Å². The molecule has 3 nitrogen and oxygen atoms in total. The third kappa shape index (κ3) is 4.86. The fraction of sp³-hybridized carbons (Fsp3) is 0.750. The van der Waals surface area contributed by atoms with Gasteiger partial charge in [-0.05, 0) is 25.7 Å². The predicted octanol–water partition coefficient (Wildman–Crippen LogP) is 1.90. The summed E-state index contributed by atoms with van der Waals surface area (Å²) in [4.78, 5) is 13.0. The molecule has 0 aromatic heterocycles. The summed E-state index contributed by atoms with van der Waals surface area (Å²) < 4.78 is 0. The number of nitrogens with zero attached hydrogens (tertiary/aromatic N) is 1. The van der Waals surface area contributed by atoms with Crippen molar-refractivity contribution in [2.75, 3.05) is 19.6 Å². The lowest BCUT2D eigenvalue weighted by molar-refractivity contribution is -0.118. The number of hydrogen-bond acceptors (Lipinski definition) is 2. The quantitative estimate of drug-likeness (QED) is 0.719. The first-order valence-corrected chi connectivity index (χ1v) is 5.87. The van der Waals surface area contributed by atoms with Crippen LogP contribution in [0.4, 0.5) is 0 Å². The second-order valence-corrected chi connectivity index (χ2v) is 4.20. The highest BCUT2D eigenvalue weighted by Gasteiger charge is 2.10. The molecule has 1 fully saturated rings. The molecule has 1 aliphatic heterocycles. The Labute approximate surface area is 92.5 Å². The summed E-state index contributed by atoms with van der Waals surface area (Å²) in [6, 6.07) is 0. The number of rotatable bonds is 4. The molecule has 1 N–H and O–H groups in total. The van der Waals surface area contributed by atoms with Gasteiger partial charge in [0.2, 0.25) is 5.91 Å². The predicted molar refractivity (Wildman–Crippen MR) is 62.5 cm³/mol. The molecule has 0 unspecified atom stereocenters. The standard InChI is InChI=1S/C12H22N2O/c1-11-7-4-3-5-9-14(11)10-6-8-13-12(2)15/h1,3-10H2,2H3,(H,13,15). The third-order valence-electron chi connectivity index (χ3n) is 2.82. The van der Waals surface area contributed by atoms with Gasteiger partial charge < -0.3 is 10.2 Å². The van der Waals surface area contributed by atoms with Gasteiger partial charge in [-0.2, -0.15) is 0 Å². The molecule has 1 heterocycles. The number of nitrogens with one attached hydrogen (secondary N) is 1. The number of amides is 1. The van der Waals surface area contributed by atoms with Crippen LogP contribution >= 0.6 is 0 Å². The maximum absolute atomic E-state index is 10.7. The van der Waals surface area contributed by atoms with Gasteiger partial charge in [0.1, 0.15) is 0 Å². The molecule has 0 radical (unpaired) electrons. The van der Waals surface area contributed by atoms with Crippen molar-refractivity contribution in [3.63, 3.8) is 0 Å². The first kappa shape index (κ1) is 12.1. The van der Waals surface area contributed by atoms with Crippen LogP contribution in [0.2, 0.25) is 0 Å². The first-order valence-electron chi connectivity index (χ1n) is 5.87. The van der Waals surface area contributed by atoms with Crippen molar-refractivity contribution in [1.82, 2.24) is 10.2 Å². The van der Waals surface area contributed by atoms with Crippen molar-refractivity contribution in [3.05, 3.63) is 12.3 Å². The average Bonchev–Trinajstić information content (AvgIpc) is 2.38. The normalized spacial score (nSPS) is 17.4. The minimum Gasteiger partial charge on any atom is -0.375 e. The van der Waals surface area contributed by atoms with Crippen molar-refractivity contribution in [2.45, 2.75) is 39.0 Å². The van der Waals surface area contributed by atoms with Gasteiger partial charge in [0.25, 0.3) is 0 Å². The maximum Gasteiger partial charge on any atom is 0.216 e. The minimum absolute atomic E-state index is 0.0599. The van der Waals surface area contributed by atoms with E-state index in [1.165, 1.54) is 25.0 Å². The zero-order valence-corrected chi connectivity index (χ0v) is 9.72. The lowest BCUT2D eigenvalue weighted by atomic mass is 10.2. The summed E-state index contributed by atoms with van der Waals surface area (Å²) in [5.74, 6) is 0.0599. The lowest BCUT2D eigenvalue weighted by Crippen LogP contribution is -2.28. The maximum atomic E-state index is 10.7. The monoisotopic (exact) mass is 210 g/mol. The van der Waals surface area contributed by atoms with E-state index in [9.17, 15) is 4.79 Å². The molecule has 0 aromatic carbocycles. The molecular weight excluding hydrogens is 188 g/mol. The molecule has 1 amide bonds. The highest BCUT2D eigenvalue weighted by Crippen LogP contribution is 2.18. The molecule has 0 bridgehead atoms. The first-order chi connectivity index (χ1) is 7.20. The molecular formula is C12H22N2O. The number of hydrogen-bond donors (Lipinski definition) is 1. The lowest BCUT2D eigenvalue weighted by Gasteiger charge is -2.24. The van der Waals surface area contributed by atoms with Crippen LogP contribution in [0.3, 0.4) is 0 Å². The van der Waals surface area contributed by atoms with Crippen LogP contribution in [0.1, 0.15) is 39.0 Å². The molecule has 3 heteroatoms. The summed E-state index contributed by atoms with van der Waals surface area (Å²) in [6.07, 6.45) is 6.03. The highest BCUT2D eigenvalue weighted by molar-refractivity contribution is 5.72. The number of allylic oxidation sites excluding steroid dienone is 1. The third-order valence-corrected chi connectivity index (χ3v) is 2.82. The fourth-order valence-electron chi connectivity index (χ4n) is 1.93. The van der Waals surface area contributed by atoms with Crippen LogP contribution in [0.5, 0.6) is 0 Å². The van der Waals surface area contributed by atoms with Crippen molar-refractivity contribution < 1.29 is 4.79 Å². The van der Waals surface area contributed by atoms with E-state index in [1.54, 1.807) is 6.92 Å². The smallest absolute Gasteiger partial charge is 0.216 e. The molecule has 0 atom stereocenters. The fourth-order valence-corrected chi connectivity index (χ4v) is 1.93. The summed E-state index contributed by atoms with van der Waals surface area (Å²) in [5, 5.41) is 2.82. The van der Waals surface area contributed by atoms with Crippen LogP contribution < -0.4 is 5.32 Å². The molecule has 86 valence electrons. The summed E-state index contributed by atoms with van der Waals surface area (Å²) >= 11 is 0. The molecule has 1 saturated heterocycles. The molecule has 0 aliphatic carbocycles. The van der Waals surface area contributed by atoms with E-state index in [4.69, 9.17) is 0 Å². The van der Waals surface area contributed by atoms with Gasteiger partial charge in [-0.25, -0.2) is 0 Å². The number of carbonyl (C=O) groups excluding carboxylic acids is 1. The Morgan fingerprint density at radius 2 is 2.27 bits per heavy atom. The topological polar surface area (TPSA) is 32.3 Å². The van der Waals surface area contributed by atoms with E-state index >= 15 is 0 Å². The summed E-state index contributed by atoms with van der Waals surface area (Å²) in [7, 11) is 0. The number of likely N-dealkylation sites (tertiary alicyclic amines) is 1. The Hall–Kier alpha value is -0.990. The zero-order chi connectivity index (χ0) is 11.1. The SMILES string of the molecule is C=C1CCCCCN1CCCNC(C)=O. The van der Waals surface area contributed by atoms with Crippen molar-refractivity contribution in [1.29, 1.82) is 0 Å². The Bertz CT molecular complexity index is 226. The van der Waals surface area contributed by atoms with Crippen molar-refractivity contribution in [3.8, 4) is 0 Å². The van der Waals surface area contributed by atoms with Crippen LogP contribution in [0.25, 0.3) is 0 Å². The minimum atomic E-state index is 0.0599. The van der Waals surface area contributed by atoms with Crippen molar-refractivity contribution in [2.24, 2.45) is 0 Å². The average molecular weight is 210 g/mol. The molecule has 1 aliphatic rings. The second-order valence-electron chi connectivity index (χ2n) is 4.20. The van der Waals surface area contributed by atoms with Crippen LogP contribution in [0.15, 0.2) is 12.3 Å². The van der Waals surface area contributed by atoms with Gasteiger partial charge in [-0.15, -0.1) is 0 Å². The van der Waals surface area contributed by atoms with E-state index in [0.717, 1.165) is 32.5 Å². The van der Waals surface area contributed by atoms with Gasteiger partial charge in [-0.3, -0.25) is 4.79 Å². The van der Waals surface area contributed by atoms with E-state index < -0.39 is 0 Å². The molecule has 0 spiro atoms.